The number of hydrogen-bond acceptors (Lipinski definition) is 1. The van der Waals surface area contributed by atoms with Crippen molar-refractivity contribution in [3.05, 3.63) is 6.92 Å². The minimum Gasteiger partial charge on any atom is -0.297 e. The van der Waals surface area contributed by atoms with Crippen molar-refractivity contribution in [2.24, 2.45) is 0 Å². The maximum Gasteiger partial charge on any atom is 0.163 e. The number of hydrogen-bond donors (Lipinski definition) is 0. The molecular weight excluding hydrogens is 95.1 g/mol. The molecule has 7 heavy (non-hydrogen) atoms. The molecule has 0 aromatic heterocycles. The van der Waals surface area contributed by atoms with Gasteiger partial charge < -0.3 is 0 Å². The third-order valence-corrected chi connectivity index (χ3v) is 0.605. The van der Waals surface area contributed by atoms with Crippen molar-refractivity contribution in [3.63, 3.8) is 0 Å². The second-order valence-corrected chi connectivity index (χ2v) is 1.28. The van der Waals surface area contributed by atoms with Crippen LogP contribution in [0.5, 0.6) is 0 Å². The van der Waals surface area contributed by atoms with Crippen LogP contribution in [0.25, 0.3) is 0 Å². The maximum atomic E-state index is 11.2. The van der Waals surface area contributed by atoms with E-state index in [1.54, 1.807) is 0 Å². The zero-order chi connectivity index (χ0) is 5.70. The Morgan fingerprint density at radius 1 is 1.71 bits per heavy atom. The minimum atomic E-state index is -0.838. The molecule has 0 unspecified atom stereocenters. The van der Waals surface area contributed by atoms with Gasteiger partial charge in [0, 0.05) is 6.42 Å². The largest absolute Gasteiger partial charge is 0.297 e. The number of alkyl halides is 1. The summed E-state index contributed by atoms with van der Waals surface area (Å²) >= 11 is 0. The van der Waals surface area contributed by atoms with Gasteiger partial charge in [-0.1, -0.05) is 6.92 Å². The average molecular weight is 103 g/mol. The summed E-state index contributed by atoms with van der Waals surface area (Å²) in [5.41, 5.74) is 0. The first-order valence-electron chi connectivity index (χ1n) is 2.18. The minimum absolute atomic E-state index is 0.274. The van der Waals surface area contributed by atoms with E-state index in [-0.39, 0.29) is 12.2 Å². The molecule has 41 valence electrons. The van der Waals surface area contributed by atoms with Crippen LogP contribution < -0.4 is 0 Å². The fourth-order valence-corrected chi connectivity index (χ4v) is 0.264. The molecule has 0 fully saturated rings. The zero-order valence-electron chi connectivity index (χ0n) is 4.11. The highest BCUT2D eigenvalue weighted by atomic mass is 19.1. The second kappa shape index (κ2) is 3.78. The van der Waals surface area contributed by atoms with E-state index in [2.05, 4.69) is 6.92 Å². The van der Waals surface area contributed by atoms with E-state index in [0.29, 0.717) is 6.42 Å². The Morgan fingerprint density at radius 2 is 2.29 bits per heavy atom. The van der Waals surface area contributed by atoms with Crippen LogP contribution in [0.2, 0.25) is 0 Å². The van der Waals surface area contributed by atoms with Crippen molar-refractivity contribution in [1.29, 1.82) is 0 Å². The molecule has 0 heterocycles. The summed E-state index contributed by atoms with van der Waals surface area (Å²) in [5, 5.41) is 0. The molecular formula is C5H8FO. The molecule has 0 saturated heterocycles. The van der Waals surface area contributed by atoms with Crippen LogP contribution in [0.1, 0.15) is 12.8 Å². The van der Waals surface area contributed by atoms with Crippen LogP contribution in [0.4, 0.5) is 4.39 Å². The van der Waals surface area contributed by atoms with Crippen LogP contribution >= 0.6 is 0 Å². The van der Waals surface area contributed by atoms with Gasteiger partial charge in [-0.2, -0.15) is 0 Å². The van der Waals surface area contributed by atoms with Crippen molar-refractivity contribution in [2.75, 3.05) is 6.67 Å². The highest BCUT2D eigenvalue weighted by molar-refractivity contribution is 5.79. The lowest BCUT2D eigenvalue weighted by Gasteiger charge is -1.84. The normalized spacial score (nSPS) is 8.86. The number of carbonyl (C=O) groups is 1. The van der Waals surface area contributed by atoms with E-state index >= 15 is 0 Å². The standard InChI is InChI=1S/C5H8FO/c1-2-3-5(7)4-6/h1-4H2. The molecule has 0 aromatic rings. The van der Waals surface area contributed by atoms with E-state index in [4.69, 9.17) is 0 Å². The molecule has 0 aliphatic carbocycles. The monoisotopic (exact) mass is 103 g/mol. The molecule has 0 atom stereocenters. The van der Waals surface area contributed by atoms with Crippen molar-refractivity contribution in [1.82, 2.24) is 0 Å². The highest BCUT2D eigenvalue weighted by Gasteiger charge is 1.94. The van der Waals surface area contributed by atoms with Gasteiger partial charge in [-0.15, -0.1) is 0 Å². The Labute approximate surface area is 42.5 Å². The Bertz CT molecular complexity index is 61.1. The van der Waals surface area contributed by atoms with Crippen LogP contribution in [0.15, 0.2) is 0 Å². The lowest BCUT2D eigenvalue weighted by Crippen LogP contribution is -1.97. The van der Waals surface area contributed by atoms with Gasteiger partial charge in [0.2, 0.25) is 0 Å². The molecule has 0 bridgehead atoms. The van der Waals surface area contributed by atoms with Gasteiger partial charge in [0.15, 0.2) is 5.78 Å². The number of Topliss-reactive ketones (excluding diaryl/α,β-unsaturated/α-hetero) is 1. The molecule has 0 saturated carbocycles. The predicted octanol–water partition coefficient (Wildman–Crippen LogP) is 1.14. The predicted molar refractivity (Wildman–Crippen MR) is 25.6 cm³/mol. The van der Waals surface area contributed by atoms with Gasteiger partial charge in [0.1, 0.15) is 6.67 Å². The Kier molecular flexibility index (Phi) is 3.56. The van der Waals surface area contributed by atoms with Gasteiger partial charge >= 0.3 is 0 Å². The third-order valence-electron chi connectivity index (χ3n) is 0.605. The molecule has 1 nitrogen and oxygen atoms in total. The highest BCUT2D eigenvalue weighted by Crippen LogP contribution is 1.87. The van der Waals surface area contributed by atoms with Gasteiger partial charge in [-0.05, 0) is 6.42 Å². The average Bonchev–Trinajstić information content (AvgIpc) is 1.68. The summed E-state index contributed by atoms with van der Waals surface area (Å²) in [4.78, 5) is 10.00. The Morgan fingerprint density at radius 3 is 2.43 bits per heavy atom. The van der Waals surface area contributed by atoms with Gasteiger partial charge in [0.25, 0.3) is 0 Å². The fraction of sp³-hybridized carbons (Fsp3) is 0.600. The summed E-state index contributed by atoms with van der Waals surface area (Å²) in [6.07, 6.45) is 0.777. The molecule has 2 heteroatoms. The SMILES string of the molecule is [CH2]CCC(=O)CF. The van der Waals surface area contributed by atoms with E-state index < -0.39 is 6.67 Å². The Hall–Kier alpha value is -0.400. The topological polar surface area (TPSA) is 17.1 Å². The van der Waals surface area contributed by atoms with Crippen LogP contribution in [-0.4, -0.2) is 12.5 Å². The van der Waals surface area contributed by atoms with Crippen molar-refractivity contribution in [2.45, 2.75) is 12.8 Å². The summed E-state index contributed by atoms with van der Waals surface area (Å²) < 4.78 is 11.2. The molecule has 0 aliphatic heterocycles. The lowest BCUT2D eigenvalue weighted by molar-refractivity contribution is -0.119. The van der Waals surface area contributed by atoms with Crippen LogP contribution in [0, 0.1) is 6.92 Å². The summed E-state index contributed by atoms with van der Waals surface area (Å²) in [6, 6.07) is 0. The van der Waals surface area contributed by atoms with E-state index in [1.165, 1.54) is 0 Å². The van der Waals surface area contributed by atoms with E-state index in [1.807, 2.05) is 0 Å². The lowest BCUT2D eigenvalue weighted by atomic mass is 10.2. The van der Waals surface area contributed by atoms with Crippen molar-refractivity contribution < 1.29 is 9.18 Å². The number of rotatable bonds is 3. The van der Waals surface area contributed by atoms with E-state index in [9.17, 15) is 9.18 Å². The smallest absolute Gasteiger partial charge is 0.163 e. The first-order valence-corrected chi connectivity index (χ1v) is 2.18. The number of halogens is 1. The number of ketones is 1. The summed E-state index contributed by atoms with van der Waals surface area (Å²) in [5.74, 6) is -0.352. The van der Waals surface area contributed by atoms with Crippen molar-refractivity contribution >= 4 is 5.78 Å². The number of carbonyl (C=O) groups excluding carboxylic acids is 1. The maximum absolute atomic E-state index is 11.2. The first-order chi connectivity index (χ1) is 3.31. The van der Waals surface area contributed by atoms with Gasteiger partial charge in [0.05, 0.1) is 0 Å². The Balaban J connectivity index is 3.00. The quantitative estimate of drug-likeness (QED) is 0.523. The van der Waals surface area contributed by atoms with Crippen LogP contribution in [-0.2, 0) is 4.79 Å². The molecule has 0 aliphatic rings. The van der Waals surface area contributed by atoms with E-state index in [0.717, 1.165) is 0 Å². The van der Waals surface area contributed by atoms with Gasteiger partial charge in [-0.25, -0.2) is 4.39 Å². The summed E-state index contributed by atoms with van der Waals surface area (Å²) in [7, 11) is 0. The van der Waals surface area contributed by atoms with Crippen molar-refractivity contribution in [3.8, 4) is 0 Å². The fourth-order valence-electron chi connectivity index (χ4n) is 0.264. The summed E-state index contributed by atoms with van der Waals surface area (Å²) in [6.45, 7) is 2.55. The zero-order valence-corrected chi connectivity index (χ0v) is 4.11. The molecule has 0 amide bonds. The van der Waals surface area contributed by atoms with Crippen LogP contribution in [0.3, 0.4) is 0 Å². The third kappa shape index (κ3) is 3.43. The molecule has 0 N–H and O–H groups in total. The van der Waals surface area contributed by atoms with Gasteiger partial charge in [-0.3, -0.25) is 4.79 Å². The molecule has 1 radical (unpaired) electrons. The first kappa shape index (κ1) is 6.60. The second-order valence-electron chi connectivity index (χ2n) is 1.28. The molecule has 0 aromatic carbocycles. The molecule has 0 spiro atoms. The molecule has 0 rings (SSSR count).